The summed E-state index contributed by atoms with van der Waals surface area (Å²) in [5.41, 5.74) is 1.44. The molecule has 4 N–H and O–H groups in total. The molecule has 0 unspecified atom stereocenters. The first-order chi connectivity index (χ1) is 11.6. The monoisotopic (exact) mass is 348 g/mol. The Kier molecular flexibility index (Phi) is 6.62. The SMILES string of the molecule is CCNc1nc(C)cc(NCCNC(=O)Nc2ccccc2Cl)n1. The fraction of sp³-hybridized carbons (Fsp3) is 0.312. The minimum absolute atomic E-state index is 0.308. The largest absolute Gasteiger partial charge is 0.368 e. The van der Waals surface area contributed by atoms with Crippen LogP contribution in [0.4, 0.5) is 22.2 Å². The molecule has 128 valence electrons. The third-order valence-electron chi connectivity index (χ3n) is 3.03. The number of nitrogens with zero attached hydrogens (tertiary/aromatic N) is 2. The molecule has 24 heavy (non-hydrogen) atoms. The maximum atomic E-state index is 11.8. The standard InChI is InChI=1S/C16H21ClN6O/c1-3-18-15-21-11(2)10-14(23-15)19-8-9-20-16(24)22-13-7-5-4-6-12(13)17/h4-7,10H,3,8-9H2,1-2H3,(H2,20,22,24)(H2,18,19,21,23). The van der Waals surface area contributed by atoms with Crippen molar-refractivity contribution in [1.29, 1.82) is 0 Å². The molecule has 7 nitrogen and oxygen atoms in total. The van der Waals surface area contributed by atoms with Crippen molar-refractivity contribution in [2.24, 2.45) is 0 Å². The van der Waals surface area contributed by atoms with E-state index in [4.69, 9.17) is 11.6 Å². The van der Waals surface area contributed by atoms with E-state index in [1.54, 1.807) is 18.2 Å². The lowest BCUT2D eigenvalue weighted by Crippen LogP contribution is -2.32. The Hall–Kier alpha value is -2.54. The minimum atomic E-state index is -0.308. The molecule has 8 heteroatoms. The van der Waals surface area contributed by atoms with Crippen molar-refractivity contribution in [3.05, 3.63) is 41.0 Å². The average Bonchev–Trinajstić information content (AvgIpc) is 2.54. The van der Waals surface area contributed by atoms with Gasteiger partial charge in [0.25, 0.3) is 0 Å². The Bertz CT molecular complexity index is 694. The van der Waals surface area contributed by atoms with Gasteiger partial charge in [0.2, 0.25) is 5.95 Å². The normalized spacial score (nSPS) is 10.1. The molecule has 0 aliphatic rings. The maximum Gasteiger partial charge on any atom is 0.319 e. The highest BCUT2D eigenvalue weighted by atomic mass is 35.5. The molecule has 0 saturated heterocycles. The second-order valence-electron chi connectivity index (χ2n) is 5.04. The number of urea groups is 1. The van der Waals surface area contributed by atoms with Crippen LogP contribution in [0.2, 0.25) is 5.02 Å². The first-order valence-electron chi connectivity index (χ1n) is 7.71. The van der Waals surface area contributed by atoms with Gasteiger partial charge >= 0.3 is 6.03 Å². The predicted octanol–water partition coefficient (Wildman–Crippen LogP) is 3.10. The number of halogens is 1. The van der Waals surface area contributed by atoms with Crippen LogP contribution in [0.3, 0.4) is 0 Å². The quantitative estimate of drug-likeness (QED) is 0.577. The summed E-state index contributed by atoms with van der Waals surface area (Å²) in [6, 6.07) is 8.62. The molecule has 2 amide bonds. The summed E-state index contributed by atoms with van der Waals surface area (Å²) in [7, 11) is 0. The molecule has 1 aromatic heterocycles. The summed E-state index contributed by atoms with van der Waals surface area (Å²) in [4.78, 5) is 20.4. The Labute approximate surface area is 146 Å². The zero-order valence-corrected chi connectivity index (χ0v) is 14.4. The van der Waals surface area contributed by atoms with Crippen LogP contribution in [-0.4, -0.2) is 35.6 Å². The lowest BCUT2D eigenvalue weighted by atomic mass is 10.3. The number of carbonyl (C=O) groups is 1. The minimum Gasteiger partial charge on any atom is -0.368 e. The molecule has 1 aromatic carbocycles. The molecular weight excluding hydrogens is 328 g/mol. The number of carbonyl (C=O) groups excluding carboxylic acids is 1. The van der Waals surface area contributed by atoms with Gasteiger partial charge in [-0.3, -0.25) is 0 Å². The first kappa shape index (κ1) is 17.8. The first-order valence-corrected chi connectivity index (χ1v) is 8.09. The molecule has 1 heterocycles. The third kappa shape index (κ3) is 5.58. The van der Waals surface area contributed by atoms with Crippen LogP contribution in [0.5, 0.6) is 0 Å². The molecule has 0 fully saturated rings. The second kappa shape index (κ2) is 8.93. The molecule has 0 aliphatic carbocycles. The molecule has 0 bridgehead atoms. The van der Waals surface area contributed by atoms with E-state index >= 15 is 0 Å². The lowest BCUT2D eigenvalue weighted by molar-refractivity contribution is 0.252. The van der Waals surface area contributed by atoms with Crippen molar-refractivity contribution in [3.63, 3.8) is 0 Å². The van der Waals surface area contributed by atoms with E-state index < -0.39 is 0 Å². The number of para-hydroxylation sites is 1. The molecular formula is C16H21ClN6O. The van der Waals surface area contributed by atoms with E-state index in [2.05, 4.69) is 31.2 Å². The van der Waals surface area contributed by atoms with Crippen molar-refractivity contribution >= 4 is 35.1 Å². The fourth-order valence-electron chi connectivity index (χ4n) is 1.99. The molecule has 0 spiro atoms. The number of nitrogens with one attached hydrogen (secondary N) is 4. The summed E-state index contributed by atoms with van der Waals surface area (Å²) in [6.07, 6.45) is 0. The number of anilines is 3. The van der Waals surface area contributed by atoms with Gasteiger partial charge in [-0.15, -0.1) is 0 Å². The highest BCUT2D eigenvalue weighted by Crippen LogP contribution is 2.19. The van der Waals surface area contributed by atoms with Gasteiger partial charge in [-0.1, -0.05) is 23.7 Å². The van der Waals surface area contributed by atoms with E-state index in [9.17, 15) is 4.79 Å². The van der Waals surface area contributed by atoms with E-state index in [0.29, 0.717) is 35.6 Å². The van der Waals surface area contributed by atoms with E-state index in [1.807, 2.05) is 26.0 Å². The molecule has 2 aromatic rings. The number of aryl methyl sites for hydroxylation is 1. The number of aromatic nitrogens is 2. The van der Waals surface area contributed by atoms with Crippen LogP contribution in [0.1, 0.15) is 12.6 Å². The topological polar surface area (TPSA) is 91.0 Å². The molecule has 0 aliphatic heterocycles. The van der Waals surface area contributed by atoms with E-state index in [1.165, 1.54) is 0 Å². The molecule has 0 saturated carbocycles. The molecule has 0 radical (unpaired) electrons. The Morgan fingerprint density at radius 1 is 1.17 bits per heavy atom. The van der Waals surface area contributed by atoms with Crippen LogP contribution in [-0.2, 0) is 0 Å². The van der Waals surface area contributed by atoms with Crippen LogP contribution < -0.4 is 21.3 Å². The third-order valence-corrected chi connectivity index (χ3v) is 3.36. The lowest BCUT2D eigenvalue weighted by Gasteiger charge is -2.11. The summed E-state index contributed by atoms with van der Waals surface area (Å²) < 4.78 is 0. The summed E-state index contributed by atoms with van der Waals surface area (Å²) in [5, 5.41) is 12.2. The van der Waals surface area contributed by atoms with Gasteiger partial charge in [0.15, 0.2) is 0 Å². The molecule has 0 atom stereocenters. The summed E-state index contributed by atoms with van der Waals surface area (Å²) in [5.74, 6) is 1.30. The average molecular weight is 349 g/mol. The molecule has 2 rings (SSSR count). The van der Waals surface area contributed by atoms with Gasteiger partial charge in [0, 0.05) is 31.4 Å². The number of hydrogen-bond donors (Lipinski definition) is 4. The number of hydrogen-bond acceptors (Lipinski definition) is 5. The van der Waals surface area contributed by atoms with Crippen molar-refractivity contribution in [2.45, 2.75) is 13.8 Å². The van der Waals surface area contributed by atoms with Gasteiger partial charge in [-0.25, -0.2) is 9.78 Å². The number of amides is 2. The van der Waals surface area contributed by atoms with E-state index in [0.717, 1.165) is 12.2 Å². The Morgan fingerprint density at radius 3 is 2.71 bits per heavy atom. The van der Waals surface area contributed by atoms with Crippen molar-refractivity contribution in [3.8, 4) is 0 Å². The zero-order chi connectivity index (χ0) is 17.4. The van der Waals surface area contributed by atoms with Gasteiger partial charge in [0.1, 0.15) is 5.82 Å². The van der Waals surface area contributed by atoms with Gasteiger partial charge in [-0.05, 0) is 26.0 Å². The number of rotatable bonds is 7. The predicted molar refractivity (Wildman–Crippen MR) is 97.9 cm³/mol. The van der Waals surface area contributed by atoms with Crippen molar-refractivity contribution in [1.82, 2.24) is 15.3 Å². The van der Waals surface area contributed by atoms with E-state index in [-0.39, 0.29) is 6.03 Å². The smallest absolute Gasteiger partial charge is 0.319 e. The summed E-state index contributed by atoms with van der Waals surface area (Å²) >= 11 is 5.99. The van der Waals surface area contributed by atoms with Gasteiger partial charge < -0.3 is 21.3 Å². The Morgan fingerprint density at radius 2 is 1.96 bits per heavy atom. The van der Waals surface area contributed by atoms with Crippen molar-refractivity contribution in [2.75, 3.05) is 35.6 Å². The van der Waals surface area contributed by atoms with Crippen LogP contribution >= 0.6 is 11.6 Å². The second-order valence-corrected chi connectivity index (χ2v) is 5.44. The van der Waals surface area contributed by atoms with Crippen LogP contribution in [0, 0.1) is 6.92 Å². The van der Waals surface area contributed by atoms with Gasteiger partial charge in [-0.2, -0.15) is 4.98 Å². The fourth-order valence-corrected chi connectivity index (χ4v) is 2.17. The number of benzene rings is 1. The highest BCUT2D eigenvalue weighted by Gasteiger charge is 2.04. The Balaban J connectivity index is 1.76. The van der Waals surface area contributed by atoms with Crippen LogP contribution in [0.25, 0.3) is 0 Å². The summed E-state index contributed by atoms with van der Waals surface area (Å²) in [6.45, 7) is 5.63. The van der Waals surface area contributed by atoms with Crippen LogP contribution in [0.15, 0.2) is 30.3 Å². The van der Waals surface area contributed by atoms with Crippen molar-refractivity contribution < 1.29 is 4.79 Å². The highest BCUT2D eigenvalue weighted by molar-refractivity contribution is 6.33. The van der Waals surface area contributed by atoms with Gasteiger partial charge in [0.05, 0.1) is 10.7 Å². The maximum absolute atomic E-state index is 11.8. The zero-order valence-electron chi connectivity index (χ0n) is 13.7.